The molecule has 0 radical (unpaired) electrons. The van der Waals surface area contributed by atoms with Crippen molar-refractivity contribution >= 4 is 34.8 Å². The van der Waals surface area contributed by atoms with Gasteiger partial charge in [-0.25, -0.2) is 9.78 Å². The Morgan fingerprint density at radius 3 is 2.81 bits per heavy atom. The summed E-state index contributed by atoms with van der Waals surface area (Å²) in [6.07, 6.45) is 2.23. The number of amides is 2. The summed E-state index contributed by atoms with van der Waals surface area (Å²) >= 11 is 6.10. The number of carbonyl (C=O) groups excluding carboxylic acids is 1. The molecule has 2 aromatic rings. The third kappa shape index (κ3) is 4.28. The van der Waals surface area contributed by atoms with E-state index >= 15 is 0 Å². The Bertz CT molecular complexity index is 861. The summed E-state index contributed by atoms with van der Waals surface area (Å²) in [5, 5.41) is 14.7. The molecule has 2 heterocycles. The number of pyridine rings is 1. The quantitative estimate of drug-likeness (QED) is 0.638. The smallest absolute Gasteiger partial charge is 0.321 e. The maximum Gasteiger partial charge on any atom is 0.321 e. The fourth-order valence-corrected chi connectivity index (χ4v) is 3.22. The number of anilines is 2. The molecule has 1 aliphatic rings. The fourth-order valence-electron chi connectivity index (χ4n) is 3.04. The predicted octanol–water partition coefficient (Wildman–Crippen LogP) is 3.70. The van der Waals surface area contributed by atoms with Crippen LogP contribution in [0.1, 0.15) is 12.0 Å². The van der Waals surface area contributed by atoms with Crippen LogP contribution in [-0.4, -0.2) is 47.0 Å². The minimum atomic E-state index is -0.431. The molecule has 0 bridgehead atoms. The number of urea groups is 1. The predicted molar refractivity (Wildman–Crippen MR) is 105 cm³/mol. The van der Waals surface area contributed by atoms with E-state index < -0.39 is 4.92 Å². The van der Waals surface area contributed by atoms with E-state index in [1.165, 1.54) is 6.07 Å². The van der Waals surface area contributed by atoms with E-state index in [4.69, 9.17) is 11.6 Å². The molecule has 1 fully saturated rings. The van der Waals surface area contributed by atoms with Crippen LogP contribution in [0.2, 0.25) is 5.02 Å². The van der Waals surface area contributed by atoms with Crippen molar-refractivity contribution in [2.45, 2.75) is 13.3 Å². The van der Waals surface area contributed by atoms with Gasteiger partial charge in [0.1, 0.15) is 0 Å². The number of nitrogens with one attached hydrogen (secondary N) is 1. The number of carbonyl (C=O) groups is 1. The number of halogens is 1. The Balaban J connectivity index is 1.69. The summed E-state index contributed by atoms with van der Waals surface area (Å²) in [6, 6.07) is 8.15. The third-order valence-electron chi connectivity index (χ3n) is 4.55. The van der Waals surface area contributed by atoms with Crippen molar-refractivity contribution in [1.29, 1.82) is 0 Å². The molecule has 27 heavy (non-hydrogen) atoms. The molecule has 0 aliphatic carbocycles. The molecular weight excluding hydrogens is 370 g/mol. The van der Waals surface area contributed by atoms with Crippen LogP contribution < -0.4 is 10.2 Å². The van der Waals surface area contributed by atoms with E-state index in [2.05, 4.69) is 10.3 Å². The Labute approximate surface area is 161 Å². The molecular formula is C18H20ClN5O3. The monoisotopic (exact) mass is 389 g/mol. The standard InChI is InChI=1S/C18H20ClN5O3/c1-13-14(19)5-2-6-15(13)21-18(25)23-10-4-9-22(11-12-23)17-16(24(26)27)7-3-8-20-17/h2-3,5-8H,4,9-12H2,1H3,(H,21,25). The summed E-state index contributed by atoms with van der Waals surface area (Å²) in [7, 11) is 0. The summed E-state index contributed by atoms with van der Waals surface area (Å²) < 4.78 is 0. The highest BCUT2D eigenvalue weighted by Crippen LogP contribution is 2.26. The minimum Gasteiger partial charge on any atom is -0.349 e. The Morgan fingerprint density at radius 2 is 2.04 bits per heavy atom. The van der Waals surface area contributed by atoms with Crippen LogP contribution in [0, 0.1) is 17.0 Å². The van der Waals surface area contributed by atoms with E-state index in [-0.39, 0.29) is 11.7 Å². The van der Waals surface area contributed by atoms with Gasteiger partial charge in [0.15, 0.2) is 0 Å². The van der Waals surface area contributed by atoms with Gasteiger partial charge in [-0.3, -0.25) is 10.1 Å². The van der Waals surface area contributed by atoms with E-state index in [0.29, 0.717) is 49.1 Å². The molecule has 2 amide bonds. The summed E-state index contributed by atoms with van der Waals surface area (Å²) in [6.45, 7) is 3.92. The van der Waals surface area contributed by atoms with Crippen molar-refractivity contribution in [3.05, 3.63) is 57.2 Å². The SMILES string of the molecule is Cc1c(Cl)cccc1NC(=O)N1CCCN(c2ncccc2[N+](=O)[O-])CC1. The van der Waals surface area contributed by atoms with Gasteiger partial charge in [0.2, 0.25) is 5.82 Å². The number of nitro groups is 1. The van der Waals surface area contributed by atoms with Gasteiger partial charge in [-0.2, -0.15) is 0 Å². The lowest BCUT2D eigenvalue weighted by Gasteiger charge is -2.23. The molecule has 1 N–H and O–H groups in total. The molecule has 0 spiro atoms. The Morgan fingerprint density at radius 1 is 1.22 bits per heavy atom. The number of hydrogen-bond acceptors (Lipinski definition) is 5. The molecule has 142 valence electrons. The summed E-state index contributed by atoms with van der Waals surface area (Å²) in [5.74, 6) is 0.343. The second kappa shape index (κ2) is 8.22. The van der Waals surface area contributed by atoms with Crippen LogP contribution in [-0.2, 0) is 0 Å². The highest BCUT2D eigenvalue weighted by atomic mass is 35.5. The second-order valence-corrected chi connectivity index (χ2v) is 6.68. The zero-order valence-electron chi connectivity index (χ0n) is 14.9. The van der Waals surface area contributed by atoms with E-state index in [0.717, 1.165) is 5.56 Å². The van der Waals surface area contributed by atoms with Crippen molar-refractivity contribution in [2.24, 2.45) is 0 Å². The van der Waals surface area contributed by atoms with Gasteiger partial charge >= 0.3 is 11.7 Å². The lowest BCUT2D eigenvalue weighted by Crippen LogP contribution is -2.38. The Hall–Kier alpha value is -2.87. The van der Waals surface area contributed by atoms with Crippen molar-refractivity contribution in [1.82, 2.24) is 9.88 Å². The van der Waals surface area contributed by atoms with Crippen LogP contribution in [0.5, 0.6) is 0 Å². The largest absolute Gasteiger partial charge is 0.349 e. The maximum atomic E-state index is 12.6. The summed E-state index contributed by atoms with van der Waals surface area (Å²) in [5.41, 5.74) is 1.46. The van der Waals surface area contributed by atoms with Gasteiger partial charge in [0.25, 0.3) is 0 Å². The van der Waals surface area contributed by atoms with Gasteiger partial charge in [0, 0.05) is 49.2 Å². The molecule has 1 aromatic heterocycles. The van der Waals surface area contributed by atoms with Crippen molar-refractivity contribution in [2.75, 3.05) is 36.4 Å². The zero-order chi connectivity index (χ0) is 19.4. The van der Waals surface area contributed by atoms with E-state index in [1.54, 1.807) is 35.4 Å². The average molecular weight is 390 g/mol. The molecule has 0 unspecified atom stereocenters. The molecule has 0 saturated carbocycles. The molecule has 1 saturated heterocycles. The topological polar surface area (TPSA) is 91.6 Å². The molecule has 9 heteroatoms. The van der Waals surface area contributed by atoms with Gasteiger partial charge < -0.3 is 15.1 Å². The van der Waals surface area contributed by atoms with Crippen LogP contribution in [0.25, 0.3) is 0 Å². The molecule has 0 atom stereocenters. The van der Waals surface area contributed by atoms with E-state index in [9.17, 15) is 14.9 Å². The minimum absolute atomic E-state index is 0.0232. The van der Waals surface area contributed by atoms with Gasteiger partial charge in [0.05, 0.1) is 4.92 Å². The third-order valence-corrected chi connectivity index (χ3v) is 4.96. The fraction of sp³-hybridized carbons (Fsp3) is 0.333. The Kier molecular flexibility index (Phi) is 5.75. The summed E-state index contributed by atoms with van der Waals surface area (Å²) in [4.78, 5) is 31.2. The van der Waals surface area contributed by atoms with Crippen molar-refractivity contribution in [3.63, 3.8) is 0 Å². The molecule has 8 nitrogen and oxygen atoms in total. The normalized spacial score (nSPS) is 14.6. The second-order valence-electron chi connectivity index (χ2n) is 6.27. The van der Waals surface area contributed by atoms with E-state index in [1.807, 2.05) is 11.8 Å². The first-order valence-electron chi connectivity index (χ1n) is 8.63. The lowest BCUT2D eigenvalue weighted by molar-refractivity contribution is -0.384. The first-order chi connectivity index (χ1) is 13.0. The van der Waals surface area contributed by atoms with Crippen LogP contribution in [0.15, 0.2) is 36.5 Å². The van der Waals surface area contributed by atoms with Crippen LogP contribution in [0.3, 0.4) is 0 Å². The number of aromatic nitrogens is 1. The highest BCUT2D eigenvalue weighted by Gasteiger charge is 2.25. The van der Waals surface area contributed by atoms with Gasteiger partial charge in [-0.05, 0) is 37.1 Å². The van der Waals surface area contributed by atoms with Crippen molar-refractivity contribution < 1.29 is 9.72 Å². The van der Waals surface area contributed by atoms with Crippen LogP contribution in [0.4, 0.5) is 22.0 Å². The zero-order valence-corrected chi connectivity index (χ0v) is 15.6. The lowest BCUT2D eigenvalue weighted by atomic mass is 10.2. The number of nitrogens with zero attached hydrogens (tertiary/aromatic N) is 4. The van der Waals surface area contributed by atoms with Gasteiger partial charge in [-0.15, -0.1) is 0 Å². The number of benzene rings is 1. The van der Waals surface area contributed by atoms with Gasteiger partial charge in [-0.1, -0.05) is 17.7 Å². The molecule has 1 aromatic carbocycles. The number of rotatable bonds is 3. The molecule has 3 rings (SSSR count). The molecule has 1 aliphatic heterocycles. The first-order valence-corrected chi connectivity index (χ1v) is 9.00. The maximum absolute atomic E-state index is 12.6. The van der Waals surface area contributed by atoms with Crippen molar-refractivity contribution in [3.8, 4) is 0 Å². The first kappa shape index (κ1) is 18.9. The highest BCUT2D eigenvalue weighted by molar-refractivity contribution is 6.31. The van der Waals surface area contributed by atoms with Crippen LogP contribution >= 0.6 is 11.6 Å². The average Bonchev–Trinajstić information content (AvgIpc) is 2.91. The number of hydrogen-bond donors (Lipinski definition) is 1.